The predicted octanol–water partition coefficient (Wildman–Crippen LogP) is 2.15. The van der Waals surface area contributed by atoms with E-state index in [1.54, 1.807) is 54.6 Å². The van der Waals surface area contributed by atoms with Crippen LogP contribution in [0.2, 0.25) is 0 Å². The van der Waals surface area contributed by atoms with E-state index < -0.39 is 64.1 Å². The standard InChI is InChI=1S/C35H26N8O9S2.2Na/c36-31-30-21(19-29(54(50,51)52)33(34(30)45)43-40-23-4-2-1-3-5-23)18-28(53(47,48)49)32(31)42-41-24-8-6-20(7-9-24)35(46)37-22-10-12-25(13-11-22)38-39-26-14-16-27(44)17-15-26;;/h1-19,44-45H,36H2,(H,37,46)(H,47,48,49)(H,50,51,52);;/q;2*+1/p-2. The molecule has 0 aliphatic rings. The summed E-state index contributed by atoms with van der Waals surface area (Å²) >= 11 is 0. The molecule has 5 N–H and O–H groups in total. The van der Waals surface area contributed by atoms with Crippen molar-refractivity contribution in [2.45, 2.75) is 9.79 Å². The Labute approximate surface area is 363 Å². The number of nitrogens with two attached hydrogens (primary N) is 1. The van der Waals surface area contributed by atoms with Crippen LogP contribution in [0.1, 0.15) is 10.4 Å². The van der Waals surface area contributed by atoms with Crippen molar-refractivity contribution in [3.8, 4) is 11.5 Å². The summed E-state index contributed by atoms with van der Waals surface area (Å²) in [6, 6.07) is 27.6. The van der Waals surface area contributed by atoms with Gasteiger partial charge < -0.3 is 30.4 Å². The minimum absolute atomic E-state index is 0. The third-order valence-electron chi connectivity index (χ3n) is 7.53. The van der Waals surface area contributed by atoms with Gasteiger partial charge in [0.25, 0.3) is 5.91 Å². The summed E-state index contributed by atoms with van der Waals surface area (Å²) in [4.78, 5) is 10.8. The maximum Gasteiger partial charge on any atom is 1.00 e. The zero-order valence-electron chi connectivity index (χ0n) is 29.3. The third kappa shape index (κ3) is 10.5. The summed E-state index contributed by atoms with van der Waals surface area (Å²) in [5, 5.41) is 46.1. The first-order chi connectivity index (χ1) is 25.7. The van der Waals surface area contributed by atoms with E-state index in [4.69, 9.17) is 5.73 Å². The van der Waals surface area contributed by atoms with Crippen molar-refractivity contribution in [2.24, 2.45) is 30.7 Å². The summed E-state index contributed by atoms with van der Waals surface area (Å²) in [5.74, 6) is -1.33. The number of azo groups is 3. The molecule has 0 spiro atoms. The van der Waals surface area contributed by atoms with Crippen LogP contribution >= 0.6 is 0 Å². The molecule has 0 atom stereocenters. The van der Waals surface area contributed by atoms with Gasteiger partial charge in [-0.25, -0.2) is 16.8 Å². The van der Waals surface area contributed by atoms with Crippen molar-refractivity contribution >= 4 is 82.4 Å². The van der Waals surface area contributed by atoms with Gasteiger partial charge in [0.15, 0.2) is 5.75 Å². The molecule has 0 saturated carbocycles. The van der Waals surface area contributed by atoms with E-state index in [1.165, 1.54) is 48.5 Å². The Bertz CT molecular complexity index is 2720. The Balaban J connectivity index is 0.00000348. The number of aromatic hydroxyl groups is 2. The number of anilines is 2. The molecule has 6 aromatic carbocycles. The monoisotopic (exact) mass is 810 g/mol. The molecule has 6 aromatic rings. The van der Waals surface area contributed by atoms with Crippen molar-refractivity contribution in [2.75, 3.05) is 11.1 Å². The van der Waals surface area contributed by atoms with Crippen LogP contribution in [0.5, 0.6) is 11.5 Å². The Hall–Kier alpha value is -4.93. The maximum absolute atomic E-state index is 12.9. The first-order valence-corrected chi connectivity index (χ1v) is 18.1. The van der Waals surface area contributed by atoms with Crippen molar-refractivity contribution in [3.63, 3.8) is 0 Å². The van der Waals surface area contributed by atoms with Crippen LogP contribution in [-0.2, 0) is 20.2 Å². The van der Waals surface area contributed by atoms with Gasteiger partial charge in [0.1, 0.15) is 37.4 Å². The fraction of sp³-hybridized carbons (Fsp3) is 0. The summed E-state index contributed by atoms with van der Waals surface area (Å²) in [6.07, 6.45) is 0. The topological polar surface area (TPSA) is 284 Å². The molecule has 0 unspecified atom stereocenters. The number of nitrogens with zero attached hydrogens (tertiary/aromatic N) is 6. The van der Waals surface area contributed by atoms with Crippen LogP contribution < -0.4 is 70.2 Å². The third-order valence-corrected chi connectivity index (χ3v) is 9.23. The molecule has 1 amide bonds. The SMILES string of the molecule is Nc1c(N=Nc2ccc(C(=O)Nc3ccc(N=Nc4ccc(O)cc4)cc3)cc2)c(S(=O)(=O)[O-])cc2cc(S(=O)(=O)[O-])c(N=Nc3ccccc3)c(O)c12.[Na+].[Na+]. The molecule has 0 aliphatic carbocycles. The summed E-state index contributed by atoms with van der Waals surface area (Å²) in [6.45, 7) is 0. The number of phenols is 2. The second kappa shape index (κ2) is 18.3. The normalized spacial score (nSPS) is 11.8. The number of hydrogen-bond acceptors (Lipinski definition) is 16. The average Bonchev–Trinajstić information content (AvgIpc) is 3.14. The molecule has 0 fully saturated rings. The second-order valence-electron chi connectivity index (χ2n) is 11.2. The molecule has 6 rings (SSSR count). The van der Waals surface area contributed by atoms with Gasteiger partial charge in [-0.05, 0) is 102 Å². The number of carbonyl (C=O) groups is 1. The number of fused-ring (bicyclic) bond motifs is 1. The molecule has 17 nitrogen and oxygen atoms in total. The van der Waals surface area contributed by atoms with Gasteiger partial charge >= 0.3 is 59.1 Å². The average molecular weight is 811 g/mol. The van der Waals surface area contributed by atoms with Crippen LogP contribution in [0.4, 0.5) is 45.5 Å². The zero-order chi connectivity index (χ0) is 38.6. The molecule has 0 bridgehead atoms. The number of benzene rings is 6. The van der Waals surface area contributed by atoms with Gasteiger partial charge in [-0.15, -0.1) is 10.2 Å². The predicted molar refractivity (Wildman–Crippen MR) is 194 cm³/mol. The van der Waals surface area contributed by atoms with Crippen LogP contribution in [0, 0.1) is 0 Å². The van der Waals surface area contributed by atoms with Crippen LogP contribution in [0.25, 0.3) is 10.8 Å². The Morgan fingerprint density at radius 3 is 1.54 bits per heavy atom. The van der Waals surface area contributed by atoms with Crippen molar-refractivity contribution in [1.82, 2.24) is 0 Å². The van der Waals surface area contributed by atoms with E-state index in [0.29, 0.717) is 29.2 Å². The van der Waals surface area contributed by atoms with Gasteiger partial charge in [0.2, 0.25) is 0 Å². The smallest absolute Gasteiger partial charge is 0.744 e. The van der Waals surface area contributed by atoms with E-state index in [1.807, 2.05) is 0 Å². The minimum atomic E-state index is -5.34. The number of amides is 1. The number of carbonyl (C=O) groups excluding carboxylic acids is 1. The van der Waals surface area contributed by atoms with Crippen LogP contribution in [-0.4, -0.2) is 42.1 Å². The van der Waals surface area contributed by atoms with Gasteiger partial charge in [-0.2, -0.15) is 20.5 Å². The first kappa shape index (κ1) is 43.8. The molecular formula is C35H24N8Na2O9S2. The number of phenolic OH excluding ortho intramolecular Hbond substituents is 2. The van der Waals surface area contributed by atoms with Gasteiger partial charge in [0, 0.05) is 11.3 Å². The van der Waals surface area contributed by atoms with E-state index in [9.17, 15) is 40.9 Å². The molecule has 0 aliphatic heterocycles. The quantitative estimate of drug-likeness (QED) is 0.0677. The summed E-state index contributed by atoms with van der Waals surface area (Å²) in [5.41, 5.74) is 6.21. The maximum atomic E-state index is 12.9. The number of nitrogen functional groups attached to an aromatic ring is 1. The zero-order valence-corrected chi connectivity index (χ0v) is 34.9. The van der Waals surface area contributed by atoms with Gasteiger partial charge in [0.05, 0.1) is 43.6 Å². The molecule has 21 heteroatoms. The van der Waals surface area contributed by atoms with Crippen LogP contribution in [0.15, 0.2) is 156 Å². The number of hydrogen-bond donors (Lipinski definition) is 4. The van der Waals surface area contributed by atoms with E-state index in [0.717, 1.165) is 0 Å². The fourth-order valence-electron chi connectivity index (χ4n) is 4.93. The van der Waals surface area contributed by atoms with E-state index >= 15 is 0 Å². The summed E-state index contributed by atoms with van der Waals surface area (Å²) < 4.78 is 73.3. The van der Waals surface area contributed by atoms with Crippen molar-refractivity contribution in [1.29, 1.82) is 0 Å². The number of nitrogens with one attached hydrogen (secondary N) is 1. The molecule has 0 aromatic heterocycles. The molecule has 0 saturated heterocycles. The number of rotatable bonds is 10. The first-order valence-electron chi connectivity index (χ1n) is 15.3. The van der Waals surface area contributed by atoms with Crippen LogP contribution in [0.3, 0.4) is 0 Å². The Morgan fingerprint density at radius 1 is 0.589 bits per heavy atom. The molecular weight excluding hydrogens is 787 g/mol. The fourth-order valence-corrected chi connectivity index (χ4v) is 6.24. The van der Waals surface area contributed by atoms with E-state index in [-0.39, 0.29) is 87.2 Å². The minimum Gasteiger partial charge on any atom is -0.744 e. The molecule has 56 heavy (non-hydrogen) atoms. The second-order valence-corrected chi connectivity index (χ2v) is 13.9. The van der Waals surface area contributed by atoms with E-state index in [2.05, 4.69) is 36.0 Å². The summed E-state index contributed by atoms with van der Waals surface area (Å²) in [7, 11) is -10.7. The Morgan fingerprint density at radius 2 is 1.02 bits per heavy atom. The Kier molecular flexibility index (Phi) is 14.3. The largest absolute Gasteiger partial charge is 1.00 e. The van der Waals surface area contributed by atoms with Crippen molar-refractivity contribution < 1.29 is 100 Å². The van der Waals surface area contributed by atoms with Gasteiger partial charge in [-0.1, -0.05) is 18.2 Å². The molecule has 272 valence electrons. The van der Waals surface area contributed by atoms with Crippen molar-refractivity contribution in [3.05, 3.63) is 121 Å². The van der Waals surface area contributed by atoms with Gasteiger partial charge in [-0.3, -0.25) is 4.79 Å². The molecule has 0 heterocycles. The molecule has 0 radical (unpaired) electrons.